The molecule has 1 aliphatic rings. The number of carbonyl (C=O) groups excluding carboxylic acids is 1. The zero-order chi connectivity index (χ0) is 20.8. The second-order valence-electron chi connectivity index (χ2n) is 7.46. The van der Waals surface area contributed by atoms with Crippen LogP contribution in [0.3, 0.4) is 0 Å². The lowest BCUT2D eigenvalue weighted by Crippen LogP contribution is -2.34. The van der Waals surface area contributed by atoms with E-state index < -0.39 is 11.9 Å². The summed E-state index contributed by atoms with van der Waals surface area (Å²) in [4.78, 5) is 23.6. The maximum atomic E-state index is 12.3. The SMILES string of the molecule is CCC(CC)(CCOC(=O)c1ccccc1C(=O)O)OCC1CC1(CC)OC. The number of methoxy groups -OCH3 is 1. The molecule has 2 atom stereocenters. The quantitative estimate of drug-likeness (QED) is 0.534. The van der Waals surface area contributed by atoms with Crippen LogP contribution >= 0.6 is 0 Å². The summed E-state index contributed by atoms with van der Waals surface area (Å²) in [7, 11) is 1.75. The van der Waals surface area contributed by atoms with Gasteiger partial charge in [-0.15, -0.1) is 0 Å². The first-order valence-electron chi connectivity index (χ1n) is 10.1. The standard InChI is InChI=1S/C22H32O6/c1-5-21(6-2,28-15-16-14-22(16,7-3)26-4)12-13-27-20(25)18-11-9-8-10-17(18)19(23)24/h8-11,16H,5-7,12-15H2,1-4H3,(H,23,24). The van der Waals surface area contributed by atoms with Crippen LogP contribution in [-0.4, -0.2) is 48.6 Å². The number of rotatable bonds is 12. The van der Waals surface area contributed by atoms with Crippen molar-refractivity contribution in [3.8, 4) is 0 Å². The number of carboxylic acid groups (broad SMARTS) is 1. The van der Waals surface area contributed by atoms with E-state index in [1.165, 1.54) is 12.1 Å². The van der Waals surface area contributed by atoms with Crippen molar-refractivity contribution in [2.75, 3.05) is 20.3 Å². The second-order valence-corrected chi connectivity index (χ2v) is 7.46. The van der Waals surface area contributed by atoms with E-state index in [0.29, 0.717) is 18.9 Å². The Bertz CT molecular complexity index is 675. The first-order chi connectivity index (χ1) is 13.4. The van der Waals surface area contributed by atoms with Crippen LogP contribution in [-0.2, 0) is 14.2 Å². The van der Waals surface area contributed by atoms with Crippen LogP contribution in [0.15, 0.2) is 24.3 Å². The van der Waals surface area contributed by atoms with Gasteiger partial charge in [0.1, 0.15) is 0 Å². The van der Waals surface area contributed by atoms with Gasteiger partial charge in [0, 0.05) is 19.4 Å². The lowest BCUT2D eigenvalue weighted by atomic mass is 9.93. The summed E-state index contributed by atoms with van der Waals surface area (Å²) in [6.07, 6.45) is 4.19. The van der Waals surface area contributed by atoms with Crippen LogP contribution in [0, 0.1) is 5.92 Å². The van der Waals surface area contributed by atoms with Gasteiger partial charge in [-0.05, 0) is 37.8 Å². The highest BCUT2D eigenvalue weighted by Gasteiger charge is 2.53. The van der Waals surface area contributed by atoms with Crippen molar-refractivity contribution in [3.05, 3.63) is 35.4 Å². The van der Waals surface area contributed by atoms with Gasteiger partial charge in [-0.3, -0.25) is 0 Å². The monoisotopic (exact) mass is 392 g/mol. The van der Waals surface area contributed by atoms with E-state index in [1.54, 1.807) is 19.2 Å². The predicted molar refractivity (Wildman–Crippen MR) is 106 cm³/mol. The minimum atomic E-state index is -1.14. The Hall–Kier alpha value is -1.92. The molecule has 1 saturated carbocycles. The van der Waals surface area contributed by atoms with E-state index in [4.69, 9.17) is 14.2 Å². The Morgan fingerprint density at radius 2 is 1.82 bits per heavy atom. The molecule has 1 fully saturated rings. The Morgan fingerprint density at radius 1 is 1.18 bits per heavy atom. The highest BCUT2D eigenvalue weighted by atomic mass is 16.5. The molecule has 1 N–H and O–H groups in total. The lowest BCUT2D eigenvalue weighted by molar-refractivity contribution is -0.0802. The molecule has 0 radical (unpaired) electrons. The number of ether oxygens (including phenoxy) is 3. The van der Waals surface area contributed by atoms with Crippen LogP contribution in [0.2, 0.25) is 0 Å². The van der Waals surface area contributed by atoms with Gasteiger partial charge in [0.25, 0.3) is 0 Å². The number of hydrogen-bond acceptors (Lipinski definition) is 5. The average molecular weight is 392 g/mol. The van der Waals surface area contributed by atoms with Gasteiger partial charge in [-0.25, -0.2) is 9.59 Å². The van der Waals surface area contributed by atoms with Gasteiger partial charge in [0.2, 0.25) is 0 Å². The van der Waals surface area contributed by atoms with Gasteiger partial charge in [0.15, 0.2) is 0 Å². The summed E-state index contributed by atoms with van der Waals surface area (Å²) in [6, 6.07) is 6.08. The summed E-state index contributed by atoms with van der Waals surface area (Å²) in [5.74, 6) is -1.36. The van der Waals surface area contributed by atoms with Crippen LogP contribution < -0.4 is 0 Å². The van der Waals surface area contributed by atoms with Crippen molar-refractivity contribution in [1.29, 1.82) is 0 Å². The van der Waals surface area contributed by atoms with Crippen molar-refractivity contribution < 1.29 is 28.9 Å². The summed E-state index contributed by atoms with van der Waals surface area (Å²) in [6.45, 7) is 7.09. The fraction of sp³-hybridized carbons (Fsp3) is 0.636. The molecule has 1 aromatic rings. The molecule has 0 bridgehead atoms. The van der Waals surface area contributed by atoms with E-state index in [-0.39, 0.29) is 28.9 Å². The molecule has 156 valence electrons. The average Bonchev–Trinajstić information content (AvgIpc) is 3.44. The zero-order valence-corrected chi connectivity index (χ0v) is 17.3. The molecule has 0 aliphatic heterocycles. The van der Waals surface area contributed by atoms with Gasteiger partial charge < -0.3 is 19.3 Å². The molecule has 0 aromatic heterocycles. The summed E-state index contributed by atoms with van der Waals surface area (Å²) in [5.41, 5.74) is -0.381. The van der Waals surface area contributed by atoms with Crippen LogP contribution in [0.25, 0.3) is 0 Å². The van der Waals surface area contributed by atoms with Crippen molar-refractivity contribution in [1.82, 2.24) is 0 Å². The number of benzene rings is 1. The highest BCUT2D eigenvalue weighted by molar-refractivity contribution is 6.02. The predicted octanol–water partition coefficient (Wildman–Crippen LogP) is 4.32. The second kappa shape index (κ2) is 9.52. The maximum Gasteiger partial charge on any atom is 0.339 e. The Kier molecular flexibility index (Phi) is 7.61. The first kappa shape index (κ1) is 22.4. The van der Waals surface area contributed by atoms with E-state index in [1.807, 2.05) is 0 Å². The molecule has 0 amide bonds. The van der Waals surface area contributed by atoms with Gasteiger partial charge in [0.05, 0.1) is 35.5 Å². The molecule has 6 nitrogen and oxygen atoms in total. The molecular weight excluding hydrogens is 360 g/mol. The van der Waals surface area contributed by atoms with Crippen molar-refractivity contribution >= 4 is 11.9 Å². The molecule has 2 unspecified atom stereocenters. The Morgan fingerprint density at radius 3 is 2.32 bits per heavy atom. The van der Waals surface area contributed by atoms with Crippen LogP contribution in [0.5, 0.6) is 0 Å². The van der Waals surface area contributed by atoms with Gasteiger partial charge in [-0.2, -0.15) is 0 Å². The summed E-state index contributed by atoms with van der Waals surface area (Å²) in [5, 5.41) is 9.22. The minimum Gasteiger partial charge on any atom is -0.478 e. The lowest BCUT2D eigenvalue weighted by Gasteiger charge is -2.32. The number of esters is 1. The highest BCUT2D eigenvalue weighted by Crippen LogP contribution is 2.49. The van der Waals surface area contributed by atoms with Crippen LogP contribution in [0.4, 0.5) is 0 Å². The molecule has 6 heteroatoms. The summed E-state index contributed by atoms with van der Waals surface area (Å²) < 4.78 is 17.3. The fourth-order valence-electron chi connectivity index (χ4n) is 3.81. The molecule has 2 rings (SSSR count). The van der Waals surface area contributed by atoms with E-state index in [2.05, 4.69) is 20.8 Å². The van der Waals surface area contributed by atoms with Gasteiger partial charge in [-0.1, -0.05) is 32.9 Å². The van der Waals surface area contributed by atoms with Crippen LogP contribution in [0.1, 0.15) is 73.6 Å². The van der Waals surface area contributed by atoms with E-state index in [0.717, 1.165) is 25.7 Å². The largest absolute Gasteiger partial charge is 0.478 e. The molecule has 0 saturated heterocycles. The maximum absolute atomic E-state index is 12.3. The molecule has 1 aliphatic carbocycles. The Balaban J connectivity index is 1.91. The Labute approximate surface area is 167 Å². The molecule has 0 heterocycles. The molecular formula is C22H32O6. The number of aromatic carboxylic acids is 1. The molecule has 1 aromatic carbocycles. The third kappa shape index (κ3) is 4.92. The van der Waals surface area contributed by atoms with Crippen molar-refractivity contribution in [2.45, 2.75) is 64.1 Å². The number of hydrogen-bond donors (Lipinski definition) is 1. The fourth-order valence-corrected chi connectivity index (χ4v) is 3.81. The topological polar surface area (TPSA) is 82.1 Å². The van der Waals surface area contributed by atoms with Crippen molar-refractivity contribution in [2.24, 2.45) is 5.92 Å². The van der Waals surface area contributed by atoms with E-state index in [9.17, 15) is 14.7 Å². The number of carboxylic acids is 1. The third-order valence-electron chi connectivity index (χ3n) is 6.23. The van der Waals surface area contributed by atoms with Crippen molar-refractivity contribution in [3.63, 3.8) is 0 Å². The van der Waals surface area contributed by atoms with Gasteiger partial charge >= 0.3 is 11.9 Å². The number of carbonyl (C=O) groups is 2. The zero-order valence-electron chi connectivity index (χ0n) is 17.3. The molecule has 0 spiro atoms. The smallest absolute Gasteiger partial charge is 0.339 e. The molecule has 28 heavy (non-hydrogen) atoms. The first-order valence-corrected chi connectivity index (χ1v) is 10.1. The van der Waals surface area contributed by atoms with E-state index >= 15 is 0 Å². The third-order valence-corrected chi connectivity index (χ3v) is 6.23. The summed E-state index contributed by atoms with van der Waals surface area (Å²) >= 11 is 0. The minimum absolute atomic E-state index is 0.0414. The normalized spacial score (nSPS) is 21.4.